The molecule has 0 aliphatic carbocycles. The van der Waals surface area contributed by atoms with Gasteiger partial charge >= 0.3 is 0 Å². The first kappa shape index (κ1) is 16.8. The third kappa shape index (κ3) is 5.78. The Morgan fingerprint density at radius 1 is 1.10 bits per heavy atom. The van der Waals surface area contributed by atoms with Gasteiger partial charge in [-0.3, -0.25) is 9.59 Å². The summed E-state index contributed by atoms with van der Waals surface area (Å²) in [4.78, 5) is 24.4. The minimum atomic E-state index is 0.00955. The second-order valence-corrected chi connectivity index (χ2v) is 6.58. The molecule has 0 radical (unpaired) electrons. The predicted octanol–water partition coefficient (Wildman–Crippen LogP) is 3.39. The predicted molar refractivity (Wildman–Crippen MR) is 84.2 cm³/mol. The number of hydrogen-bond donors (Lipinski definition) is 1. The highest BCUT2D eigenvalue weighted by molar-refractivity contribution is 8.00. The first-order valence-corrected chi connectivity index (χ1v) is 7.92. The number of rotatable bonds is 7. The molecule has 0 aromatic heterocycles. The molecule has 1 aromatic carbocycles. The number of ketones is 1. The largest absolute Gasteiger partial charge is 0.355 e. The zero-order valence-electron chi connectivity index (χ0n) is 12.6. The molecule has 20 heavy (non-hydrogen) atoms. The van der Waals surface area contributed by atoms with Gasteiger partial charge in [0.25, 0.3) is 0 Å². The van der Waals surface area contributed by atoms with Crippen molar-refractivity contribution in [3.63, 3.8) is 0 Å². The van der Waals surface area contributed by atoms with Crippen LogP contribution in [-0.2, 0) is 4.79 Å². The van der Waals surface area contributed by atoms with E-state index in [-0.39, 0.29) is 17.6 Å². The van der Waals surface area contributed by atoms with E-state index in [1.165, 1.54) is 11.8 Å². The van der Waals surface area contributed by atoms with Crippen LogP contribution in [0.5, 0.6) is 0 Å². The van der Waals surface area contributed by atoms with Crippen molar-refractivity contribution in [1.82, 2.24) is 5.32 Å². The number of carbonyl (C=O) groups excluding carboxylic acids is 2. The van der Waals surface area contributed by atoms with Gasteiger partial charge in [0.2, 0.25) is 5.91 Å². The van der Waals surface area contributed by atoms with Gasteiger partial charge in [0.1, 0.15) is 0 Å². The number of hydrogen-bond acceptors (Lipinski definition) is 3. The smallest absolute Gasteiger partial charge is 0.230 e. The molecule has 0 saturated heterocycles. The lowest BCUT2D eigenvalue weighted by molar-refractivity contribution is -0.118. The number of thioether (sulfide) groups is 1. The Hall–Kier alpha value is -1.29. The van der Waals surface area contributed by atoms with Crippen LogP contribution in [0.3, 0.4) is 0 Å². The molecule has 0 atom stereocenters. The van der Waals surface area contributed by atoms with E-state index in [9.17, 15) is 9.59 Å². The van der Waals surface area contributed by atoms with Crippen LogP contribution in [0.15, 0.2) is 29.2 Å². The molecular formula is C16H23NO2S. The zero-order valence-corrected chi connectivity index (χ0v) is 13.4. The number of amides is 1. The van der Waals surface area contributed by atoms with Crippen molar-refractivity contribution in [2.45, 2.75) is 32.6 Å². The second-order valence-electron chi connectivity index (χ2n) is 5.53. The van der Waals surface area contributed by atoms with Crippen molar-refractivity contribution >= 4 is 23.5 Å². The molecule has 4 heteroatoms. The van der Waals surface area contributed by atoms with Gasteiger partial charge in [0.05, 0.1) is 5.75 Å². The molecule has 0 heterocycles. The minimum Gasteiger partial charge on any atom is -0.355 e. The Bertz CT molecular complexity index is 452. The summed E-state index contributed by atoms with van der Waals surface area (Å²) in [6.45, 7) is 8.63. The molecule has 1 N–H and O–H groups in total. The third-order valence-corrected chi connectivity index (χ3v) is 3.75. The van der Waals surface area contributed by atoms with Crippen LogP contribution in [0.2, 0.25) is 0 Å². The molecule has 0 saturated carbocycles. The van der Waals surface area contributed by atoms with Crippen molar-refractivity contribution in [3.8, 4) is 0 Å². The van der Waals surface area contributed by atoms with Crippen molar-refractivity contribution < 1.29 is 9.59 Å². The molecular weight excluding hydrogens is 270 g/mol. The Labute approximate surface area is 125 Å². The highest BCUT2D eigenvalue weighted by Crippen LogP contribution is 2.19. The molecule has 0 spiro atoms. The van der Waals surface area contributed by atoms with Gasteiger partial charge in [-0.05, 0) is 18.1 Å². The first-order valence-electron chi connectivity index (χ1n) is 6.94. The fourth-order valence-electron chi connectivity index (χ4n) is 1.57. The monoisotopic (exact) mass is 293 g/mol. The van der Waals surface area contributed by atoms with Gasteiger partial charge in [-0.25, -0.2) is 0 Å². The highest BCUT2D eigenvalue weighted by atomic mass is 32.2. The Morgan fingerprint density at radius 3 is 2.20 bits per heavy atom. The van der Waals surface area contributed by atoms with Crippen LogP contribution in [0.1, 0.15) is 38.1 Å². The summed E-state index contributed by atoms with van der Waals surface area (Å²) in [5.41, 5.74) is 0.730. The van der Waals surface area contributed by atoms with Crippen molar-refractivity contribution in [1.29, 1.82) is 0 Å². The van der Waals surface area contributed by atoms with Crippen LogP contribution >= 0.6 is 11.8 Å². The molecule has 1 amide bonds. The quantitative estimate of drug-likeness (QED) is 0.619. The number of nitrogens with one attached hydrogen (secondary N) is 1. The van der Waals surface area contributed by atoms with Crippen LogP contribution in [0, 0.1) is 11.8 Å². The molecule has 0 aliphatic rings. The van der Waals surface area contributed by atoms with Crippen LogP contribution in [0.25, 0.3) is 0 Å². The van der Waals surface area contributed by atoms with Crippen LogP contribution in [0.4, 0.5) is 0 Å². The van der Waals surface area contributed by atoms with Crippen LogP contribution in [-0.4, -0.2) is 24.0 Å². The standard InChI is InChI=1S/C16H23NO2S/c1-11(2)9-17-15(18)10-20-14-7-5-13(6-8-14)16(19)12(3)4/h5-8,11-12H,9-10H2,1-4H3,(H,17,18). The Kier molecular flexibility index (Phi) is 6.79. The molecule has 0 bridgehead atoms. The van der Waals surface area contributed by atoms with Crippen molar-refractivity contribution in [2.24, 2.45) is 11.8 Å². The molecule has 0 unspecified atom stereocenters. The maximum absolute atomic E-state index is 11.8. The van der Waals surface area contributed by atoms with E-state index >= 15 is 0 Å². The lowest BCUT2D eigenvalue weighted by Crippen LogP contribution is -2.28. The van der Waals surface area contributed by atoms with Crippen molar-refractivity contribution in [2.75, 3.05) is 12.3 Å². The van der Waals surface area contributed by atoms with E-state index in [0.717, 1.165) is 10.5 Å². The average Bonchev–Trinajstić information content (AvgIpc) is 2.42. The molecule has 0 fully saturated rings. The maximum Gasteiger partial charge on any atom is 0.230 e. The third-order valence-electron chi connectivity index (χ3n) is 2.74. The summed E-state index contributed by atoms with van der Waals surface area (Å²) >= 11 is 1.49. The topological polar surface area (TPSA) is 46.2 Å². The summed E-state index contributed by atoms with van der Waals surface area (Å²) in [5.74, 6) is 1.08. The second kappa shape index (κ2) is 8.10. The minimum absolute atomic E-state index is 0.00955. The van der Waals surface area contributed by atoms with E-state index in [1.807, 2.05) is 38.1 Å². The lowest BCUT2D eigenvalue weighted by atomic mass is 10.0. The summed E-state index contributed by atoms with van der Waals surface area (Å²) in [6, 6.07) is 7.46. The summed E-state index contributed by atoms with van der Waals surface area (Å²) in [6.07, 6.45) is 0. The summed E-state index contributed by atoms with van der Waals surface area (Å²) < 4.78 is 0. The van der Waals surface area contributed by atoms with Gasteiger partial charge in [0, 0.05) is 22.9 Å². The van der Waals surface area contributed by atoms with E-state index in [2.05, 4.69) is 19.2 Å². The normalized spacial score (nSPS) is 10.9. The SMILES string of the molecule is CC(C)CNC(=O)CSc1ccc(C(=O)C(C)C)cc1. The number of Topliss-reactive ketones (excluding diaryl/α,β-unsaturated/α-hetero) is 1. The van der Waals surface area contributed by atoms with Crippen LogP contribution < -0.4 is 5.32 Å². The molecule has 110 valence electrons. The Morgan fingerprint density at radius 2 is 1.70 bits per heavy atom. The lowest BCUT2D eigenvalue weighted by Gasteiger charge is -2.08. The number of carbonyl (C=O) groups is 2. The highest BCUT2D eigenvalue weighted by Gasteiger charge is 2.10. The Balaban J connectivity index is 2.46. The molecule has 1 aromatic rings. The first-order chi connectivity index (χ1) is 9.40. The van der Waals surface area contributed by atoms with Gasteiger partial charge in [-0.2, -0.15) is 0 Å². The fraction of sp³-hybridized carbons (Fsp3) is 0.500. The summed E-state index contributed by atoms with van der Waals surface area (Å²) in [5, 5.41) is 2.88. The van der Waals surface area contributed by atoms with E-state index in [4.69, 9.17) is 0 Å². The maximum atomic E-state index is 11.8. The molecule has 0 aliphatic heterocycles. The number of benzene rings is 1. The van der Waals surface area contributed by atoms with Crippen molar-refractivity contribution in [3.05, 3.63) is 29.8 Å². The van der Waals surface area contributed by atoms with E-state index in [1.54, 1.807) is 0 Å². The van der Waals surface area contributed by atoms with Gasteiger partial charge in [0.15, 0.2) is 5.78 Å². The van der Waals surface area contributed by atoms with Gasteiger partial charge in [-0.1, -0.05) is 39.8 Å². The van der Waals surface area contributed by atoms with Gasteiger partial charge < -0.3 is 5.32 Å². The van der Waals surface area contributed by atoms with E-state index in [0.29, 0.717) is 18.2 Å². The fourth-order valence-corrected chi connectivity index (χ4v) is 2.29. The summed E-state index contributed by atoms with van der Waals surface area (Å²) in [7, 11) is 0. The zero-order chi connectivity index (χ0) is 15.1. The van der Waals surface area contributed by atoms with E-state index < -0.39 is 0 Å². The molecule has 3 nitrogen and oxygen atoms in total. The average molecular weight is 293 g/mol. The van der Waals surface area contributed by atoms with Gasteiger partial charge in [-0.15, -0.1) is 11.8 Å². The molecule has 1 rings (SSSR count).